The summed E-state index contributed by atoms with van der Waals surface area (Å²) in [4.78, 5) is 39.8. The van der Waals surface area contributed by atoms with Crippen LogP contribution in [0.4, 0.5) is 0 Å². The van der Waals surface area contributed by atoms with Gasteiger partial charge in [-0.2, -0.15) is 0 Å². The average molecular weight is 344 g/mol. The molecule has 134 valence electrons. The van der Waals surface area contributed by atoms with E-state index in [-0.39, 0.29) is 24.3 Å². The number of rotatable bonds is 6. The van der Waals surface area contributed by atoms with Gasteiger partial charge in [0.05, 0.1) is 11.1 Å². The van der Waals surface area contributed by atoms with Gasteiger partial charge in [-0.25, -0.2) is 0 Å². The van der Waals surface area contributed by atoms with E-state index in [0.717, 1.165) is 32.6 Å². The first-order chi connectivity index (χ1) is 12.1. The van der Waals surface area contributed by atoms with E-state index < -0.39 is 0 Å². The highest BCUT2D eigenvalue weighted by atomic mass is 16.5. The van der Waals surface area contributed by atoms with Crippen LogP contribution in [-0.4, -0.2) is 60.9 Å². The molecule has 0 aromatic heterocycles. The number of imide groups is 1. The maximum absolute atomic E-state index is 12.3. The number of benzene rings is 1. The molecule has 3 rings (SSSR count). The van der Waals surface area contributed by atoms with Crippen LogP contribution in [0.5, 0.6) is 0 Å². The smallest absolute Gasteiger partial charge is 0.261 e. The van der Waals surface area contributed by atoms with Crippen molar-refractivity contribution in [3.63, 3.8) is 0 Å². The molecular formula is C19H24N2O4. The van der Waals surface area contributed by atoms with Crippen molar-refractivity contribution >= 4 is 17.7 Å². The Morgan fingerprint density at radius 1 is 1.16 bits per heavy atom. The minimum absolute atomic E-state index is 0.0584. The molecule has 25 heavy (non-hydrogen) atoms. The van der Waals surface area contributed by atoms with Gasteiger partial charge >= 0.3 is 0 Å². The van der Waals surface area contributed by atoms with E-state index in [0.29, 0.717) is 29.9 Å². The quantitative estimate of drug-likeness (QED) is 0.740. The van der Waals surface area contributed by atoms with Gasteiger partial charge in [-0.3, -0.25) is 19.3 Å². The molecule has 0 aliphatic carbocycles. The summed E-state index contributed by atoms with van der Waals surface area (Å²) in [6.07, 6.45) is 2.81. The van der Waals surface area contributed by atoms with Gasteiger partial charge in [-0.15, -0.1) is 0 Å². The van der Waals surface area contributed by atoms with Gasteiger partial charge in [0.25, 0.3) is 11.8 Å². The van der Waals surface area contributed by atoms with Gasteiger partial charge in [0, 0.05) is 39.8 Å². The third-order valence-electron chi connectivity index (χ3n) is 4.95. The predicted molar refractivity (Wildman–Crippen MR) is 92.2 cm³/mol. The molecule has 6 nitrogen and oxygen atoms in total. The van der Waals surface area contributed by atoms with Crippen LogP contribution in [-0.2, 0) is 9.53 Å². The fraction of sp³-hybridized carbons (Fsp3) is 0.526. The van der Waals surface area contributed by atoms with E-state index >= 15 is 0 Å². The number of hydrogen-bond acceptors (Lipinski definition) is 4. The zero-order chi connectivity index (χ0) is 17.8. The zero-order valence-electron chi connectivity index (χ0n) is 14.6. The maximum Gasteiger partial charge on any atom is 0.261 e. The molecule has 2 aliphatic rings. The molecule has 2 heterocycles. The lowest BCUT2D eigenvalue weighted by atomic mass is 10.00. The van der Waals surface area contributed by atoms with Crippen LogP contribution in [0.15, 0.2) is 24.3 Å². The molecule has 0 spiro atoms. The van der Waals surface area contributed by atoms with E-state index in [1.54, 1.807) is 29.2 Å². The second kappa shape index (κ2) is 7.78. The lowest BCUT2D eigenvalue weighted by Gasteiger charge is -2.27. The summed E-state index contributed by atoms with van der Waals surface area (Å²) in [5, 5.41) is 0. The summed E-state index contributed by atoms with van der Waals surface area (Å²) in [7, 11) is 1.82. The first kappa shape index (κ1) is 17.6. The summed E-state index contributed by atoms with van der Waals surface area (Å²) in [6, 6.07) is 6.84. The Labute approximate surface area is 147 Å². The van der Waals surface area contributed by atoms with Crippen LogP contribution in [0.25, 0.3) is 0 Å². The normalized spacial score (nSPS) is 17.7. The van der Waals surface area contributed by atoms with E-state index in [1.807, 2.05) is 7.05 Å². The molecule has 0 bridgehead atoms. The summed E-state index contributed by atoms with van der Waals surface area (Å²) < 4.78 is 5.34. The largest absolute Gasteiger partial charge is 0.381 e. The lowest BCUT2D eigenvalue weighted by molar-refractivity contribution is -0.131. The second-order valence-electron chi connectivity index (χ2n) is 6.74. The van der Waals surface area contributed by atoms with E-state index in [4.69, 9.17) is 4.74 Å². The van der Waals surface area contributed by atoms with Crippen LogP contribution in [0.2, 0.25) is 0 Å². The lowest BCUT2D eigenvalue weighted by Crippen LogP contribution is -2.35. The summed E-state index contributed by atoms with van der Waals surface area (Å²) in [6.45, 7) is 2.57. The molecule has 1 saturated heterocycles. The molecule has 0 radical (unpaired) electrons. The second-order valence-corrected chi connectivity index (χ2v) is 6.74. The van der Waals surface area contributed by atoms with E-state index in [2.05, 4.69) is 0 Å². The van der Waals surface area contributed by atoms with Crippen molar-refractivity contribution in [2.24, 2.45) is 5.92 Å². The molecule has 1 aromatic carbocycles. The van der Waals surface area contributed by atoms with Crippen molar-refractivity contribution in [1.82, 2.24) is 9.80 Å². The first-order valence-electron chi connectivity index (χ1n) is 8.85. The van der Waals surface area contributed by atoms with Gasteiger partial charge in [0.15, 0.2) is 0 Å². The number of amides is 3. The number of ether oxygens (including phenoxy) is 1. The van der Waals surface area contributed by atoms with Crippen LogP contribution in [0.3, 0.4) is 0 Å². The van der Waals surface area contributed by atoms with E-state index in [9.17, 15) is 14.4 Å². The number of carbonyl (C=O) groups is 3. The number of nitrogens with zero attached hydrogens (tertiary/aromatic N) is 2. The molecule has 0 unspecified atom stereocenters. The van der Waals surface area contributed by atoms with Crippen LogP contribution >= 0.6 is 0 Å². The first-order valence-corrected chi connectivity index (χ1v) is 8.85. The van der Waals surface area contributed by atoms with Gasteiger partial charge in [-0.05, 0) is 37.3 Å². The Kier molecular flexibility index (Phi) is 5.48. The average Bonchev–Trinajstić information content (AvgIpc) is 2.87. The zero-order valence-corrected chi connectivity index (χ0v) is 14.6. The van der Waals surface area contributed by atoms with Gasteiger partial charge in [-0.1, -0.05) is 12.1 Å². The predicted octanol–water partition coefficient (Wildman–Crippen LogP) is 1.95. The summed E-state index contributed by atoms with van der Waals surface area (Å²) in [5.74, 6) is 0.0363. The minimum Gasteiger partial charge on any atom is -0.381 e. The van der Waals surface area contributed by atoms with Crippen molar-refractivity contribution in [2.45, 2.75) is 25.7 Å². The highest BCUT2D eigenvalue weighted by Gasteiger charge is 2.34. The molecule has 1 aromatic rings. The van der Waals surface area contributed by atoms with Crippen molar-refractivity contribution in [3.05, 3.63) is 35.4 Å². The monoisotopic (exact) mass is 344 g/mol. The summed E-state index contributed by atoms with van der Waals surface area (Å²) >= 11 is 0. The Morgan fingerprint density at radius 2 is 1.76 bits per heavy atom. The number of fused-ring (bicyclic) bond motifs is 1. The number of hydrogen-bond donors (Lipinski definition) is 0. The minimum atomic E-state index is -0.261. The highest BCUT2D eigenvalue weighted by molar-refractivity contribution is 6.21. The van der Waals surface area contributed by atoms with Crippen LogP contribution in [0.1, 0.15) is 46.4 Å². The van der Waals surface area contributed by atoms with Crippen LogP contribution in [0, 0.1) is 5.92 Å². The topological polar surface area (TPSA) is 66.9 Å². The SMILES string of the molecule is CN(CC1CCOCC1)C(=O)CCCN1C(=O)c2ccccc2C1=O. The van der Waals surface area contributed by atoms with Gasteiger partial charge in [0.1, 0.15) is 0 Å². The third-order valence-corrected chi connectivity index (χ3v) is 4.95. The van der Waals surface area contributed by atoms with Crippen LogP contribution < -0.4 is 0 Å². The molecule has 0 saturated carbocycles. The van der Waals surface area contributed by atoms with Crippen molar-refractivity contribution in [2.75, 3.05) is 33.4 Å². The summed E-state index contributed by atoms with van der Waals surface area (Å²) in [5.41, 5.74) is 0.908. The molecule has 2 aliphatic heterocycles. The fourth-order valence-electron chi connectivity index (χ4n) is 3.44. The van der Waals surface area contributed by atoms with Crippen molar-refractivity contribution in [3.8, 4) is 0 Å². The van der Waals surface area contributed by atoms with Gasteiger partial charge < -0.3 is 9.64 Å². The molecule has 6 heteroatoms. The Hall–Kier alpha value is -2.21. The van der Waals surface area contributed by atoms with E-state index in [1.165, 1.54) is 4.90 Å². The Bertz CT molecular complexity index is 632. The molecule has 0 N–H and O–H groups in total. The molecule has 1 fully saturated rings. The third kappa shape index (κ3) is 3.90. The highest BCUT2D eigenvalue weighted by Crippen LogP contribution is 2.23. The molecule has 3 amide bonds. The molecule has 0 atom stereocenters. The fourth-order valence-corrected chi connectivity index (χ4v) is 3.44. The van der Waals surface area contributed by atoms with Crippen molar-refractivity contribution < 1.29 is 19.1 Å². The Morgan fingerprint density at radius 3 is 2.36 bits per heavy atom. The standard InChI is InChI=1S/C19H24N2O4/c1-20(13-14-8-11-25-12-9-14)17(22)7-4-10-21-18(23)15-5-2-3-6-16(15)19(21)24/h2-3,5-6,14H,4,7-13H2,1H3. The Balaban J connectivity index is 1.46. The van der Waals surface area contributed by atoms with Gasteiger partial charge in [0.2, 0.25) is 5.91 Å². The molecular weight excluding hydrogens is 320 g/mol. The number of carbonyl (C=O) groups excluding carboxylic acids is 3. The maximum atomic E-state index is 12.3. The van der Waals surface area contributed by atoms with Crippen molar-refractivity contribution in [1.29, 1.82) is 0 Å².